The molecular formula is C13H20FN3O3. The van der Waals surface area contributed by atoms with E-state index >= 15 is 0 Å². The fourth-order valence-corrected chi connectivity index (χ4v) is 2.51. The molecule has 0 radical (unpaired) electrons. The first kappa shape index (κ1) is 14.8. The Labute approximate surface area is 116 Å². The number of alkyl halides is 1. The zero-order valence-corrected chi connectivity index (χ0v) is 11.8. The lowest BCUT2D eigenvalue weighted by atomic mass is 10.0. The summed E-state index contributed by atoms with van der Waals surface area (Å²) >= 11 is 0. The van der Waals surface area contributed by atoms with E-state index in [2.05, 4.69) is 10.4 Å². The highest BCUT2D eigenvalue weighted by molar-refractivity contribution is 5.81. The van der Waals surface area contributed by atoms with Crippen molar-refractivity contribution in [3.8, 4) is 0 Å². The summed E-state index contributed by atoms with van der Waals surface area (Å²) in [5.74, 6) is 0.176. The molecule has 2 rings (SSSR count). The molecule has 0 aliphatic heterocycles. The Morgan fingerprint density at radius 1 is 1.50 bits per heavy atom. The maximum atomic E-state index is 13.4. The molecule has 1 aromatic rings. The number of amides is 1. The van der Waals surface area contributed by atoms with Gasteiger partial charge in [-0.15, -0.1) is 0 Å². The molecule has 1 amide bonds. The van der Waals surface area contributed by atoms with Gasteiger partial charge >= 0.3 is 6.09 Å². The molecule has 0 saturated heterocycles. The number of nitrogens with one attached hydrogen (secondary N) is 1. The number of aliphatic hydroxyl groups is 1. The maximum absolute atomic E-state index is 13.4. The summed E-state index contributed by atoms with van der Waals surface area (Å²) in [6.45, 7) is 5.70. The predicted octanol–water partition coefficient (Wildman–Crippen LogP) is 2.30. The molecule has 0 aromatic carbocycles. The number of aromatic nitrogens is 2. The largest absolute Gasteiger partial charge is 0.465 e. The van der Waals surface area contributed by atoms with Crippen LogP contribution in [0.25, 0.3) is 0 Å². The lowest BCUT2D eigenvalue weighted by molar-refractivity contribution is 0.103. The lowest BCUT2D eigenvalue weighted by Crippen LogP contribution is -2.26. The molecule has 6 nitrogen and oxygen atoms in total. The topological polar surface area (TPSA) is 87.4 Å². The van der Waals surface area contributed by atoms with E-state index in [1.807, 2.05) is 20.8 Å². The number of halogens is 1. The smallest absolute Gasteiger partial charge is 0.410 e. The monoisotopic (exact) mass is 285 g/mol. The van der Waals surface area contributed by atoms with Crippen LogP contribution in [0.5, 0.6) is 0 Å². The van der Waals surface area contributed by atoms with Gasteiger partial charge in [0, 0.05) is 12.0 Å². The van der Waals surface area contributed by atoms with Crippen LogP contribution < -0.4 is 5.32 Å². The van der Waals surface area contributed by atoms with Crippen LogP contribution in [-0.4, -0.2) is 38.4 Å². The predicted molar refractivity (Wildman–Crippen MR) is 71.7 cm³/mol. The van der Waals surface area contributed by atoms with Gasteiger partial charge in [-0.2, -0.15) is 5.10 Å². The molecule has 1 aliphatic carbocycles. The first-order valence-electron chi connectivity index (χ1n) is 6.61. The Morgan fingerprint density at radius 3 is 2.60 bits per heavy atom. The highest BCUT2D eigenvalue weighted by Gasteiger charge is 2.36. The van der Waals surface area contributed by atoms with E-state index < -0.39 is 23.9 Å². The minimum absolute atomic E-state index is 0.182. The lowest BCUT2D eigenvalue weighted by Gasteiger charge is -2.22. The summed E-state index contributed by atoms with van der Waals surface area (Å²) in [4.78, 5) is 10.8. The number of rotatable bonds is 2. The van der Waals surface area contributed by atoms with Crippen LogP contribution in [0.15, 0.2) is 6.07 Å². The van der Waals surface area contributed by atoms with Gasteiger partial charge in [0.2, 0.25) is 0 Å². The second kappa shape index (κ2) is 5.05. The minimum atomic E-state index is -1.24. The number of hydrogen-bond acceptors (Lipinski definition) is 3. The average Bonchev–Trinajstić information content (AvgIpc) is 2.82. The van der Waals surface area contributed by atoms with Crippen molar-refractivity contribution in [2.45, 2.75) is 57.3 Å². The molecule has 7 heteroatoms. The van der Waals surface area contributed by atoms with Gasteiger partial charge < -0.3 is 10.2 Å². The molecule has 3 N–H and O–H groups in total. The molecule has 1 saturated carbocycles. The van der Waals surface area contributed by atoms with Crippen molar-refractivity contribution >= 4 is 11.9 Å². The zero-order chi connectivity index (χ0) is 15.1. The third-order valence-electron chi connectivity index (χ3n) is 3.47. The second-order valence-corrected chi connectivity index (χ2v) is 6.22. The minimum Gasteiger partial charge on any atom is -0.465 e. The van der Waals surface area contributed by atoms with Crippen LogP contribution in [0.2, 0.25) is 0 Å². The molecule has 0 bridgehead atoms. The molecule has 112 valence electrons. The Morgan fingerprint density at radius 2 is 2.15 bits per heavy atom. The fraction of sp³-hybridized carbons (Fsp3) is 0.692. The van der Waals surface area contributed by atoms with E-state index in [-0.39, 0.29) is 12.3 Å². The molecular weight excluding hydrogens is 265 g/mol. The van der Waals surface area contributed by atoms with E-state index in [0.717, 1.165) is 0 Å². The molecule has 1 fully saturated rings. The van der Waals surface area contributed by atoms with Crippen molar-refractivity contribution in [2.75, 3.05) is 5.32 Å². The van der Waals surface area contributed by atoms with Gasteiger partial charge in [0.25, 0.3) is 0 Å². The van der Waals surface area contributed by atoms with Crippen molar-refractivity contribution in [1.82, 2.24) is 9.78 Å². The molecule has 20 heavy (non-hydrogen) atoms. The summed E-state index contributed by atoms with van der Waals surface area (Å²) in [6, 6.07) is 1.62. The molecule has 1 heterocycles. The number of aliphatic hydroxyl groups excluding tert-OH is 1. The van der Waals surface area contributed by atoms with Crippen LogP contribution in [0.3, 0.4) is 0 Å². The Hall–Kier alpha value is -1.63. The Kier molecular flexibility index (Phi) is 3.73. The average molecular weight is 285 g/mol. The normalized spacial score (nSPS) is 26.8. The summed E-state index contributed by atoms with van der Waals surface area (Å²) in [6.07, 6.45) is -2.84. The van der Waals surface area contributed by atoms with Crippen molar-refractivity contribution < 1.29 is 19.4 Å². The first-order valence-corrected chi connectivity index (χ1v) is 6.61. The molecule has 1 aromatic heterocycles. The zero-order valence-electron chi connectivity index (χ0n) is 11.8. The van der Waals surface area contributed by atoms with Gasteiger partial charge in [0.15, 0.2) is 0 Å². The molecule has 0 unspecified atom stereocenters. The van der Waals surface area contributed by atoms with Crippen molar-refractivity contribution in [3.63, 3.8) is 0 Å². The highest BCUT2D eigenvalue weighted by Crippen LogP contribution is 2.37. The van der Waals surface area contributed by atoms with Gasteiger partial charge in [-0.1, -0.05) is 0 Å². The standard InChI is InChI=1S/C13H20FN3O3/c1-13(2,3)17-11(15-12(19)20)6-9(16-17)7-4-8(14)10(18)5-7/h6-8,10,15,18H,4-5H2,1-3H3,(H,19,20)/t7-,8-,10-/m1/s1. The van der Waals surface area contributed by atoms with E-state index in [4.69, 9.17) is 5.11 Å². The number of carboxylic acid groups (broad SMARTS) is 1. The van der Waals surface area contributed by atoms with Crippen LogP contribution in [-0.2, 0) is 5.54 Å². The number of hydrogen-bond donors (Lipinski definition) is 3. The molecule has 1 aliphatic rings. The Balaban J connectivity index is 2.32. The van der Waals surface area contributed by atoms with E-state index in [1.54, 1.807) is 10.7 Å². The van der Waals surface area contributed by atoms with E-state index in [1.165, 1.54) is 0 Å². The van der Waals surface area contributed by atoms with Crippen molar-refractivity contribution in [1.29, 1.82) is 0 Å². The van der Waals surface area contributed by atoms with Gasteiger partial charge in [0.05, 0.1) is 17.3 Å². The van der Waals surface area contributed by atoms with Crippen LogP contribution in [0, 0.1) is 0 Å². The Bertz CT molecular complexity index is 499. The van der Waals surface area contributed by atoms with Crippen LogP contribution >= 0.6 is 0 Å². The number of anilines is 1. The third kappa shape index (κ3) is 2.92. The van der Waals surface area contributed by atoms with E-state index in [9.17, 15) is 14.3 Å². The molecule has 0 spiro atoms. The van der Waals surface area contributed by atoms with Gasteiger partial charge in [-0.05, 0) is 33.6 Å². The third-order valence-corrected chi connectivity index (χ3v) is 3.47. The summed E-state index contributed by atoms with van der Waals surface area (Å²) in [5, 5.41) is 25.1. The summed E-state index contributed by atoms with van der Waals surface area (Å²) in [5.41, 5.74) is 0.213. The SMILES string of the molecule is CC(C)(C)n1nc([C@H]2C[C@@H](O)[C@H](F)C2)cc1NC(=O)O. The summed E-state index contributed by atoms with van der Waals surface area (Å²) in [7, 11) is 0. The first-order chi connectivity index (χ1) is 9.18. The quantitative estimate of drug-likeness (QED) is 0.778. The van der Waals surface area contributed by atoms with Crippen molar-refractivity contribution in [3.05, 3.63) is 11.8 Å². The summed E-state index contributed by atoms with van der Waals surface area (Å²) < 4.78 is 15.0. The van der Waals surface area contributed by atoms with Crippen LogP contribution in [0.4, 0.5) is 15.0 Å². The van der Waals surface area contributed by atoms with Gasteiger partial charge in [-0.3, -0.25) is 5.32 Å². The van der Waals surface area contributed by atoms with Gasteiger partial charge in [0.1, 0.15) is 12.0 Å². The molecule has 3 atom stereocenters. The number of nitrogens with zero attached hydrogens (tertiary/aromatic N) is 2. The number of carbonyl (C=O) groups is 1. The van der Waals surface area contributed by atoms with Crippen molar-refractivity contribution in [2.24, 2.45) is 0 Å². The van der Waals surface area contributed by atoms with Crippen LogP contribution in [0.1, 0.15) is 45.2 Å². The van der Waals surface area contributed by atoms with E-state index in [0.29, 0.717) is 17.9 Å². The maximum Gasteiger partial charge on any atom is 0.410 e. The highest BCUT2D eigenvalue weighted by atomic mass is 19.1. The second-order valence-electron chi connectivity index (χ2n) is 6.22. The van der Waals surface area contributed by atoms with Gasteiger partial charge in [-0.25, -0.2) is 13.9 Å². The fourth-order valence-electron chi connectivity index (χ4n) is 2.51.